The van der Waals surface area contributed by atoms with Gasteiger partial charge >= 0.3 is 5.76 Å². The number of aromatic nitrogens is 4. The first kappa shape index (κ1) is 24.6. The molecule has 12 heteroatoms. The quantitative estimate of drug-likeness (QED) is 0.317. The number of nitrogens with one attached hydrogen (secondary N) is 2. The molecule has 38 heavy (non-hydrogen) atoms. The average molecular weight is 516 g/mol. The third kappa shape index (κ3) is 4.66. The molecule has 0 aliphatic carbocycles. The second-order valence-corrected chi connectivity index (χ2v) is 8.60. The van der Waals surface area contributed by atoms with Crippen LogP contribution in [0.3, 0.4) is 0 Å². The predicted molar refractivity (Wildman–Crippen MR) is 133 cm³/mol. The van der Waals surface area contributed by atoms with Gasteiger partial charge in [-0.1, -0.05) is 30.3 Å². The van der Waals surface area contributed by atoms with Crippen LogP contribution in [0, 0.1) is 5.82 Å². The number of amides is 2. The number of hydrogen-bond donors (Lipinski definition) is 2. The Morgan fingerprint density at radius 2 is 1.66 bits per heavy atom. The number of aryl methyl sites for hydroxylation is 1. The highest BCUT2D eigenvalue weighted by atomic mass is 19.1. The van der Waals surface area contributed by atoms with Gasteiger partial charge in [0.25, 0.3) is 11.8 Å². The lowest BCUT2D eigenvalue weighted by molar-refractivity contribution is 0.0941. The van der Waals surface area contributed by atoms with Crippen molar-refractivity contribution in [3.8, 4) is 0 Å². The second-order valence-electron chi connectivity index (χ2n) is 8.60. The fourth-order valence-corrected chi connectivity index (χ4v) is 3.90. The Morgan fingerprint density at radius 1 is 0.974 bits per heavy atom. The molecule has 5 rings (SSSR count). The number of halogens is 1. The third-order valence-electron chi connectivity index (χ3n) is 6.02. The van der Waals surface area contributed by atoms with Crippen LogP contribution in [0.25, 0.3) is 16.7 Å². The number of rotatable bonds is 7. The van der Waals surface area contributed by atoms with Crippen molar-refractivity contribution in [1.82, 2.24) is 29.8 Å². The van der Waals surface area contributed by atoms with Crippen LogP contribution in [0.2, 0.25) is 0 Å². The van der Waals surface area contributed by atoms with Gasteiger partial charge in [-0.15, -0.1) is 0 Å². The van der Waals surface area contributed by atoms with E-state index in [0.717, 1.165) is 16.3 Å². The summed E-state index contributed by atoms with van der Waals surface area (Å²) in [6.07, 6.45) is 0.908. The Balaban J connectivity index is 1.35. The predicted octanol–water partition coefficient (Wildman–Crippen LogP) is 2.38. The first-order chi connectivity index (χ1) is 18.2. The summed E-state index contributed by atoms with van der Waals surface area (Å²) in [6, 6.07) is 13.0. The third-order valence-corrected chi connectivity index (χ3v) is 6.02. The van der Waals surface area contributed by atoms with Gasteiger partial charge in [0.2, 0.25) is 0 Å². The Hall–Kier alpha value is -5.13. The average Bonchev–Trinajstić information content (AvgIpc) is 3.43. The highest BCUT2D eigenvalue weighted by Crippen LogP contribution is 2.15. The fraction of sp³-hybridized carbons (Fsp3) is 0.154. The molecule has 11 nitrogen and oxygen atoms in total. The number of carbonyl (C=O) groups excluding carboxylic acids is 3. The maximum absolute atomic E-state index is 14.4. The zero-order chi connectivity index (χ0) is 27.0. The lowest BCUT2D eigenvalue weighted by atomic mass is 10.1. The van der Waals surface area contributed by atoms with Gasteiger partial charge in [-0.05, 0) is 30.2 Å². The highest BCUT2D eigenvalue weighted by Gasteiger charge is 2.20. The molecule has 3 aromatic heterocycles. The van der Waals surface area contributed by atoms with Gasteiger partial charge in [-0.2, -0.15) is 5.10 Å². The van der Waals surface area contributed by atoms with Crippen LogP contribution >= 0.6 is 0 Å². The fourth-order valence-electron chi connectivity index (χ4n) is 3.90. The van der Waals surface area contributed by atoms with Crippen molar-refractivity contribution >= 4 is 34.3 Å². The zero-order valence-corrected chi connectivity index (χ0v) is 20.3. The molecule has 0 atom stereocenters. The standard InChI is InChI=1S/C26H21FN6O5/c1-14(34)17-6-3-15(4-7-17)11-29-25(36)21-10-19(31-23-18(27)13-30-33(21)23)24(35)28-12-16-5-8-22-20(9-16)32(2)26(37)38-22/h3-10,13H,11-12H2,1-2H3,(H,28,35)(H,29,36). The molecule has 3 heterocycles. The van der Waals surface area contributed by atoms with E-state index in [4.69, 9.17) is 4.42 Å². The number of hydrogen-bond acceptors (Lipinski definition) is 7. The number of Topliss-reactive ketones (excluding diaryl/α,β-unsaturated/α-hetero) is 1. The van der Waals surface area contributed by atoms with Crippen LogP contribution in [0.15, 0.2) is 63.9 Å². The van der Waals surface area contributed by atoms with E-state index >= 15 is 0 Å². The smallest absolute Gasteiger partial charge is 0.408 e. The zero-order valence-electron chi connectivity index (χ0n) is 20.3. The van der Waals surface area contributed by atoms with Crippen molar-refractivity contribution in [1.29, 1.82) is 0 Å². The van der Waals surface area contributed by atoms with Gasteiger partial charge < -0.3 is 15.1 Å². The minimum Gasteiger partial charge on any atom is -0.408 e. The topological polar surface area (TPSA) is 141 Å². The van der Waals surface area contributed by atoms with Gasteiger partial charge in [0.15, 0.2) is 22.8 Å². The molecule has 0 aliphatic heterocycles. The first-order valence-corrected chi connectivity index (χ1v) is 11.5. The van der Waals surface area contributed by atoms with Crippen molar-refractivity contribution in [3.05, 3.63) is 99.2 Å². The number of ketones is 1. The van der Waals surface area contributed by atoms with Gasteiger partial charge in [0.1, 0.15) is 11.4 Å². The molecule has 0 aliphatic rings. The van der Waals surface area contributed by atoms with Crippen molar-refractivity contribution < 1.29 is 23.2 Å². The molecule has 0 unspecified atom stereocenters. The molecule has 0 radical (unpaired) electrons. The number of oxazole rings is 1. The molecule has 2 aromatic carbocycles. The number of nitrogens with zero attached hydrogens (tertiary/aromatic N) is 4. The summed E-state index contributed by atoms with van der Waals surface area (Å²) < 4.78 is 21.8. The maximum atomic E-state index is 14.4. The Morgan fingerprint density at radius 3 is 2.39 bits per heavy atom. The van der Waals surface area contributed by atoms with Crippen LogP contribution < -0.4 is 16.4 Å². The molecular formula is C26H21FN6O5. The minimum atomic E-state index is -0.792. The van der Waals surface area contributed by atoms with Crippen molar-refractivity contribution in [2.24, 2.45) is 7.05 Å². The lowest BCUT2D eigenvalue weighted by Gasteiger charge is -2.10. The van der Waals surface area contributed by atoms with Crippen molar-refractivity contribution in [2.75, 3.05) is 0 Å². The molecule has 2 N–H and O–H groups in total. The molecule has 0 fully saturated rings. The van der Waals surface area contributed by atoms with E-state index in [0.29, 0.717) is 22.2 Å². The van der Waals surface area contributed by atoms with Crippen LogP contribution in [0.4, 0.5) is 4.39 Å². The first-order valence-electron chi connectivity index (χ1n) is 11.5. The molecule has 0 spiro atoms. The largest absolute Gasteiger partial charge is 0.419 e. The van der Waals surface area contributed by atoms with Gasteiger partial charge in [0, 0.05) is 31.8 Å². The molecule has 5 aromatic rings. The summed E-state index contributed by atoms with van der Waals surface area (Å²) >= 11 is 0. The SMILES string of the molecule is CC(=O)c1ccc(CNC(=O)c2cc(C(=O)NCc3ccc4oc(=O)n(C)c4c3)nc3c(F)cnn23)cc1. The minimum absolute atomic E-state index is 0.0705. The van der Waals surface area contributed by atoms with Gasteiger partial charge in [-0.25, -0.2) is 18.7 Å². The summed E-state index contributed by atoms with van der Waals surface area (Å²) in [4.78, 5) is 53.1. The summed E-state index contributed by atoms with van der Waals surface area (Å²) in [5.41, 5.74) is 2.43. The number of benzene rings is 2. The van der Waals surface area contributed by atoms with Crippen molar-refractivity contribution in [2.45, 2.75) is 20.0 Å². The molecule has 2 amide bonds. The Labute approximate surface area is 213 Å². The summed E-state index contributed by atoms with van der Waals surface area (Å²) in [5, 5.41) is 9.27. The van der Waals surface area contributed by atoms with Gasteiger partial charge in [0.05, 0.1) is 11.7 Å². The number of fused-ring (bicyclic) bond motifs is 2. The monoisotopic (exact) mass is 516 g/mol. The highest BCUT2D eigenvalue weighted by molar-refractivity contribution is 5.98. The maximum Gasteiger partial charge on any atom is 0.419 e. The normalized spacial score (nSPS) is 11.1. The number of carbonyl (C=O) groups is 3. The van der Waals surface area contributed by atoms with E-state index in [1.807, 2.05) is 0 Å². The Bertz CT molecular complexity index is 1780. The molecule has 0 bridgehead atoms. The van der Waals surface area contributed by atoms with Crippen LogP contribution in [0.5, 0.6) is 0 Å². The molecule has 192 valence electrons. The van der Waals surface area contributed by atoms with E-state index in [9.17, 15) is 23.6 Å². The molecule has 0 saturated carbocycles. The van der Waals surface area contributed by atoms with Crippen LogP contribution in [-0.4, -0.2) is 36.8 Å². The van der Waals surface area contributed by atoms with E-state index in [1.54, 1.807) is 49.5 Å². The Kier molecular flexibility index (Phi) is 6.29. The van der Waals surface area contributed by atoms with Crippen LogP contribution in [-0.2, 0) is 20.1 Å². The summed E-state index contributed by atoms with van der Waals surface area (Å²) in [5.74, 6) is -2.60. The lowest BCUT2D eigenvalue weighted by Crippen LogP contribution is -2.28. The summed E-state index contributed by atoms with van der Waals surface area (Å²) in [6.45, 7) is 1.68. The van der Waals surface area contributed by atoms with Crippen molar-refractivity contribution in [3.63, 3.8) is 0 Å². The second kappa shape index (κ2) is 9.73. The molecule has 0 saturated heterocycles. The molecular weight excluding hydrogens is 495 g/mol. The van der Waals surface area contributed by atoms with E-state index < -0.39 is 23.4 Å². The van der Waals surface area contributed by atoms with Gasteiger partial charge in [-0.3, -0.25) is 19.0 Å². The van der Waals surface area contributed by atoms with E-state index in [-0.39, 0.29) is 35.9 Å². The van der Waals surface area contributed by atoms with E-state index in [1.165, 1.54) is 17.6 Å². The summed E-state index contributed by atoms with van der Waals surface area (Å²) in [7, 11) is 1.57. The van der Waals surface area contributed by atoms with E-state index in [2.05, 4.69) is 20.7 Å². The van der Waals surface area contributed by atoms with Crippen LogP contribution in [0.1, 0.15) is 49.4 Å².